The molecule has 0 radical (unpaired) electrons. The number of rotatable bonds is 10. The van der Waals surface area contributed by atoms with Crippen molar-refractivity contribution in [3.63, 3.8) is 0 Å². The summed E-state index contributed by atoms with van der Waals surface area (Å²) in [6.45, 7) is 2.95. The van der Waals surface area contributed by atoms with E-state index in [1.165, 1.54) is 23.1 Å². The van der Waals surface area contributed by atoms with Crippen molar-refractivity contribution in [2.24, 2.45) is 0 Å². The lowest BCUT2D eigenvalue weighted by Gasteiger charge is -2.23. The van der Waals surface area contributed by atoms with Crippen molar-refractivity contribution in [3.05, 3.63) is 125 Å². The van der Waals surface area contributed by atoms with Crippen molar-refractivity contribution >= 4 is 44.1 Å². The molecule has 44 heavy (non-hydrogen) atoms. The Labute approximate surface area is 257 Å². The zero-order valence-corrected chi connectivity index (χ0v) is 24.7. The SMILES string of the molecule is CCCCOc1cccc(/C(O)=C2\C(=O)C(=O)N(c3nc4ccc(F)cc4s3)C2c2ccc(OCc3ccccc3)cc2)c1. The second-order valence-electron chi connectivity index (χ2n) is 10.4. The number of nitrogens with zero attached hydrogens (tertiary/aromatic N) is 2. The van der Waals surface area contributed by atoms with Crippen LogP contribution in [0.3, 0.4) is 0 Å². The lowest BCUT2D eigenvalue weighted by molar-refractivity contribution is -0.132. The second kappa shape index (κ2) is 12.7. The standard InChI is InChI=1S/C35H29FN2O5S/c1-2-3-18-42-27-11-7-10-24(19-27)32(39)30-31(23-12-15-26(16-13-23)43-21-22-8-5-4-6-9-22)38(34(41)33(30)40)35-37-28-17-14-25(36)20-29(28)44-35/h4-17,19-20,31,39H,2-3,18,21H2,1H3/b32-30+. The molecule has 0 spiro atoms. The highest BCUT2D eigenvalue weighted by Crippen LogP contribution is 2.44. The van der Waals surface area contributed by atoms with Crippen LogP contribution in [-0.2, 0) is 16.2 Å². The van der Waals surface area contributed by atoms with Gasteiger partial charge in [-0.15, -0.1) is 0 Å². The number of benzene rings is 4. The van der Waals surface area contributed by atoms with Crippen LogP contribution < -0.4 is 14.4 Å². The number of aliphatic hydroxyl groups excluding tert-OH is 1. The largest absolute Gasteiger partial charge is 0.507 e. The van der Waals surface area contributed by atoms with E-state index in [4.69, 9.17) is 9.47 Å². The summed E-state index contributed by atoms with van der Waals surface area (Å²) in [6.07, 6.45) is 1.84. The molecule has 9 heteroatoms. The number of carbonyl (C=O) groups is 2. The summed E-state index contributed by atoms with van der Waals surface area (Å²) in [7, 11) is 0. The third-order valence-electron chi connectivity index (χ3n) is 7.31. The third-order valence-corrected chi connectivity index (χ3v) is 8.33. The van der Waals surface area contributed by atoms with E-state index in [0.717, 1.165) is 29.7 Å². The number of hydrogen-bond donors (Lipinski definition) is 1. The van der Waals surface area contributed by atoms with E-state index in [-0.39, 0.29) is 16.5 Å². The van der Waals surface area contributed by atoms with E-state index in [1.807, 2.05) is 30.3 Å². The van der Waals surface area contributed by atoms with Gasteiger partial charge >= 0.3 is 5.91 Å². The number of carbonyl (C=O) groups excluding carboxylic acids is 2. The molecule has 0 aliphatic carbocycles. The average molecular weight is 609 g/mol. The summed E-state index contributed by atoms with van der Waals surface area (Å²) in [4.78, 5) is 33.1. The van der Waals surface area contributed by atoms with Crippen LogP contribution in [0.5, 0.6) is 11.5 Å². The Morgan fingerprint density at radius 1 is 0.932 bits per heavy atom. The summed E-state index contributed by atoms with van der Waals surface area (Å²) in [5.74, 6) is -1.30. The maximum absolute atomic E-state index is 14.0. The number of thiazole rings is 1. The number of anilines is 1. The molecule has 6 rings (SSSR count). The van der Waals surface area contributed by atoms with Gasteiger partial charge in [0.2, 0.25) is 0 Å². The summed E-state index contributed by atoms with van der Waals surface area (Å²) >= 11 is 1.10. The van der Waals surface area contributed by atoms with Crippen LogP contribution in [0.15, 0.2) is 103 Å². The Hall–Kier alpha value is -5.02. The van der Waals surface area contributed by atoms with Crippen LogP contribution in [0.1, 0.15) is 42.5 Å². The second-order valence-corrected chi connectivity index (χ2v) is 11.4. The maximum Gasteiger partial charge on any atom is 0.301 e. The molecule has 1 aromatic heterocycles. The van der Waals surface area contributed by atoms with E-state index in [1.54, 1.807) is 48.5 Å². The lowest BCUT2D eigenvalue weighted by atomic mass is 9.95. The van der Waals surface area contributed by atoms with Crippen LogP contribution in [0.25, 0.3) is 16.0 Å². The average Bonchev–Trinajstić information content (AvgIpc) is 3.58. The molecule has 4 aromatic carbocycles. The summed E-state index contributed by atoms with van der Waals surface area (Å²) in [5.41, 5.74) is 2.34. The Bertz CT molecular complexity index is 1850. The fourth-order valence-corrected chi connectivity index (χ4v) is 6.06. The van der Waals surface area contributed by atoms with Gasteiger partial charge in [0.05, 0.1) is 28.4 Å². The highest BCUT2D eigenvalue weighted by atomic mass is 32.1. The molecule has 0 saturated carbocycles. The van der Waals surface area contributed by atoms with Crippen LogP contribution >= 0.6 is 11.3 Å². The number of ketones is 1. The first kappa shape index (κ1) is 29.1. The highest BCUT2D eigenvalue weighted by molar-refractivity contribution is 7.22. The van der Waals surface area contributed by atoms with E-state index >= 15 is 0 Å². The molecule has 1 aliphatic rings. The molecule has 1 unspecified atom stereocenters. The summed E-state index contributed by atoms with van der Waals surface area (Å²) in [6, 6.07) is 26.8. The minimum absolute atomic E-state index is 0.0795. The molecule has 1 saturated heterocycles. The van der Waals surface area contributed by atoms with E-state index in [9.17, 15) is 19.1 Å². The minimum Gasteiger partial charge on any atom is -0.507 e. The number of hydrogen-bond acceptors (Lipinski definition) is 7. The zero-order chi connectivity index (χ0) is 30.6. The molecule has 1 N–H and O–H groups in total. The van der Waals surface area contributed by atoms with Crippen LogP contribution in [-0.4, -0.2) is 28.4 Å². The number of amides is 1. The molecule has 0 bridgehead atoms. The lowest BCUT2D eigenvalue weighted by Crippen LogP contribution is -2.29. The van der Waals surface area contributed by atoms with Crippen molar-refractivity contribution in [2.75, 3.05) is 11.5 Å². The molecule has 1 aliphatic heterocycles. The first-order chi connectivity index (χ1) is 21.4. The Balaban J connectivity index is 1.41. The van der Waals surface area contributed by atoms with Crippen molar-refractivity contribution in [3.8, 4) is 11.5 Å². The van der Waals surface area contributed by atoms with Crippen molar-refractivity contribution < 1.29 is 28.6 Å². The highest BCUT2D eigenvalue weighted by Gasteiger charge is 2.48. The topological polar surface area (TPSA) is 89.0 Å². The van der Waals surface area contributed by atoms with E-state index in [0.29, 0.717) is 46.1 Å². The summed E-state index contributed by atoms with van der Waals surface area (Å²) < 4.78 is 26.3. The number of aromatic nitrogens is 1. The van der Waals surface area contributed by atoms with Gasteiger partial charge in [0, 0.05) is 5.56 Å². The Kier molecular flexibility index (Phi) is 8.38. The molecule has 5 aromatic rings. The fraction of sp³-hybridized carbons (Fsp3) is 0.171. The minimum atomic E-state index is -0.992. The van der Waals surface area contributed by atoms with Crippen LogP contribution in [0.4, 0.5) is 9.52 Å². The predicted octanol–water partition coefficient (Wildman–Crippen LogP) is 7.82. The Morgan fingerprint density at radius 3 is 2.50 bits per heavy atom. The predicted molar refractivity (Wildman–Crippen MR) is 168 cm³/mol. The number of ether oxygens (including phenoxy) is 2. The van der Waals surface area contributed by atoms with Gasteiger partial charge in [-0.05, 0) is 60.0 Å². The molecule has 1 amide bonds. The number of halogens is 1. The molecular weight excluding hydrogens is 579 g/mol. The van der Waals surface area contributed by atoms with Crippen LogP contribution in [0.2, 0.25) is 0 Å². The monoisotopic (exact) mass is 608 g/mol. The molecule has 1 fully saturated rings. The third kappa shape index (κ3) is 5.91. The smallest absolute Gasteiger partial charge is 0.301 e. The van der Waals surface area contributed by atoms with Gasteiger partial charge in [-0.3, -0.25) is 14.5 Å². The van der Waals surface area contributed by atoms with Crippen molar-refractivity contribution in [2.45, 2.75) is 32.4 Å². The van der Waals surface area contributed by atoms with Crippen molar-refractivity contribution in [1.82, 2.24) is 4.98 Å². The quantitative estimate of drug-likeness (QED) is 0.0753. The zero-order valence-electron chi connectivity index (χ0n) is 23.9. The summed E-state index contributed by atoms with van der Waals surface area (Å²) in [5, 5.41) is 11.8. The first-order valence-electron chi connectivity index (χ1n) is 14.3. The number of fused-ring (bicyclic) bond motifs is 1. The molecule has 7 nitrogen and oxygen atoms in total. The number of aliphatic hydroxyl groups is 1. The number of Topliss-reactive ketones (excluding diaryl/α,β-unsaturated/α-hetero) is 1. The van der Waals surface area contributed by atoms with Gasteiger partial charge in [0.1, 0.15) is 29.7 Å². The van der Waals surface area contributed by atoms with Gasteiger partial charge in [-0.1, -0.05) is 79.3 Å². The Morgan fingerprint density at radius 2 is 1.73 bits per heavy atom. The van der Waals surface area contributed by atoms with Gasteiger partial charge in [0.15, 0.2) is 5.13 Å². The molecule has 2 heterocycles. The van der Waals surface area contributed by atoms with Crippen molar-refractivity contribution in [1.29, 1.82) is 0 Å². The molecule has 222 valence electrons. The maximum atomic E-state index is 14.0. The van der Waals surface area contributed by atoms with Crippen LogP contribution in [0, 0.1) is 5.82 Å². The normalized spacial score (nSPS) is 16.0. The molecule has 1 atom stereocenters. The van der Waals surface area contributed by atoms with Gasteiger partial charge in [-0.25, -0.2) is 9.37 Å². The van der Waals surface area contributed by atoms with Gasteiger partial charge in [0.25, 0.3) is 5.78 Å². The first-order valence-corrected chi connectivity index (χ1v) is 15.1. The number of unbranched alkanes of at least 4 members (excludes halogenated alkanes) is 1. The van der Waals surface area contributed by atoms with Gasteiger partial charge < -0.3 is 14.6 Å². The van der Waals surface area contributed by atoms with Gasteiger partial charge in [-0.2, -0.15) is 0 Å². The van der Waals surface area contributed by atoms with E-state index in [2.05, 4.69) is 11.9 Å². The molecular formula is C35H29FN2O5S. The fourth-order valence-electron chi connectivity index (χ4n) is 5.04. The van der Waals surface area contributed by atoms with E-state index < -0.39 is 23.5 Å².